The van der Waals surface area contributed by atoms with Gasteiger partial charge in [0.05, 0.1) is 14.2 Å². The molecule has 0 bridgehead atoms. The zero-order valence-corrected chi connectivity index (χ0v) is 11.0. The first-order valence-corrected chi connectivity index (χ1v) is 6.35. The highest BCUT2D eigenvalue weighted by Gasteiger charge is 2.18. The molecular weight excluding hydrogens is 233 g/mol. The second-order valence-corrected chi connectivity index (χ2v) is 4.72. The summed E-state index contributed by atoms with van der Waals surface area (Å²) in [6, 6.07) is 3.16. The van der Waals surface area contributed by atoms with E-state index in [1.165, 1.54) is 26.0 Å². The molecule has 1 heterocycles. The number of nitrogens with one attached hydrogen (secondary N) is 1. The van der Waals surface area contributed by atoms with Gasteiger partial charge in [-0.2, -0.15) is 0 Å². The zero-order valence-electron chi connectivity index (χ0n) is 11.0. The fraction of sp³-hybridized carbons (Fsp3) is 0.571. The lowest BCUT2D eigenvalue weighted by molar-refractivity contribution is 0.355. The Morgan fingerprint density at radius 2 is 2.06 bits per heavy atom. The molecule has 0 spiro atoms. The predicted molar refractivity (Wildman–Crippen MR) is 68.8 cm³/mol. The number of piperidine rings is 1. The van der Waals surface area contributed by atoms with Crippen LogP contribution in [0.25, 0.3) is 0 Å². The summed E-state index contributed by atoms with van der Waals surface area (Å²) >= 11 is 0. The van der Waals surface area contributed by atoms with Crippen LogP contribution >= 0.6 is 0 Å². The van der Waals surface area contributed by atoms with Crippen molar-refractivity contribution in [2.24, 2.45) is 5.92 Å². The van der Waals surface area contributed by atoms with Crippen LogP contribution in [-0.2, 0) is 6.42 Å². The Morgan fingerprint density at radius 3 is 2.67 bits per heavy atom. The van der Waals surface area contributed by atoms with E-state index in [0.29, 0.717) is 11.7 Å². The summed E-state index contributed by atoms with van der Waals surface area (Å²) in [4.78, 5) is 0. The Bertz CT molecular complexity index is 403. The second kappa shape index (κ2) is 6.05. The fourth-order valence-electron chi connectivity index (χ4n) is 2.49. The summed E-state index contributed by atoms with van der Waals surface area (Å²) in [6.45, 7) is 2.11. The summed E-state index contributed by atoms with van der Waals surface area (Å²) in [5, 5.41) is 3.39. The van der Waals surface area contributed by atoms with Crippen LogP contribution in [0.15, 0.2) is 12.1 Å². The summed E-state index contributed by atoms with van der Waals surface area (Å²) in [5.74, 6) is 1.11. The van der Waals surface area contributed by atoms with Gasteiger partial charge in [-0.15, -0.1) is 0 Å². The van der Waals surface area contributed by atoms with Crippen LogP contribution in [0.2, 0.25) is 0 Å². The highest BCUT2D eigenvalue weighted by molar-refractivity contribution is 5.41. The van der Waals surface area contributed by atoms with Crippen molar-refractivity contribution < 1.29 is 13.9 Å². The quantitative estimate of drug-likeness (QED) is 0.893. The number of halogens is 1. The molecule has 0 amide bonds. The average molecular weight is 253 g/mol. The zero-order chi connectivity index (χ0) is 13.0. The van der Waals surface area contributed by atoms with Crippen molar-refractivity contribution in [1.29, 1.82) is 0 Å². The predicted octanol–water partition coefficient (Wildman–Crippen LogP) is 2.39. The second-order valence-electron chi connectivity index (χ2n) is 4.72. The Kier molecular flexibility index (Phi) is 4.42. The van der Waals surface area contributed by atoms with Crippen LogP contribution in [-0.4, -0.2) is 27.3 Å². The maximum atomic E-state index is 13.6. The lowest BCUT2D eigenvalue weighted by Gasteiger charge is -2.23. The third-order valence-corrected chi connectivity index (χ3v) is 3.46. The largest absolute Gasteiger partial charge is 0.496 e. The molecule has 1 aliphatic heterocycles. The number of benzene rings is 1. The van der Waals surface area contributed by atoms with Crippen LogP contribution < -0.4 is 14.8 Å². The lowest BCUT2D eigenvalue weighted by atomic mass is 9.92. The summed E-state index contributed by atoms with van der Waals surface area (Å²) in [7, 11) is 3.06. The van der Waals surface area contributed by atoms with Gasteiger partial charge >= 0.3 is 0 Å². The first-order chi connectivity index (χ1) is 8.74. The molecule has 1 fully saturated rings. The molecule has 1 saturated heterocycles. The molecule has 18 heavy (non-hydrogen) atoms. The molecule has 2 rings (SSSR count). The van der Waals surface area contributed by atoms with Gasteiger partial charge < -0.3 is 14.8 Å². The van der Waals surface area contributed by atoms with Crippen molar-refractivity contribution >= 4 is 0 Å². The third-order valence-electron chi connectivity index (χ3n) is 3.46. The van der Waals surface area contributed by atoms with Crippen LogP contribution in [0.3, 0.4) is 0 Å². The van der Waals surface area contributed by atoms with Crippen molar-refractivity contribution in [3.63, 3.8) is 0 Å². The Balaban J connectivity index is 2.18. The van der Waals surface area contributed by atoms with E-state index in [2.05, 4.69) is 5.32 Å². The van der Waals surface area contributed by atoms with Crippen LogP contribution in [0.5, 0.6) is 11.5 Å². The normalized spacial score (nSPS) is 19.6. The minimum absolute atomic E-state index is 0.287. The molecule has 0 aromatic heterocycles. The summed E-state index contributed by atoms with van der Waals surface area (Å²) < 4.78 is 23.9. The molecular formula is C14H20FNO2. The van der Waals surface area contributed by atoms with Crippen LogP contribution in [0, 0.1) is 11.7 Å². The topological polar surface area (TPSA) is 30.5 Å². The van der Waals surface area contributed by atoms with Crippen molar-refractivity contribution in [1.82, 2.24) is 5.32 Å². The smallest absolute Gasteiger partial charge is 0.168 e. The molecule has 100 valence electrons. The van der Waals surface area contributed by atoms with E-state index in [-0.39, 0.29) is 11.6 Å². The van der Waals surface area contributed by atoms with E-state index >= 15 is 0 Å². The van der Waals surface area contributed by atoms with Gasteiger partial charge in [-0.3, -0.25) is 0 Å². The molecule has 1 aromatic carbocycles. The van der Waals surface area contributed by atoms with Crippen LogP contribution in [0.4, 0.5) is 4.39 Å². The molecule has 0 aliphatic carbocycles. The molecule has 1 unspecified atom stereocenters. The van der Waals surface area contributed by atoms with Crippen molar-refractivity contribution in [3.8, 4) is 11.5 Å². The Morgan fingerprint density at radius 1 is 1.28 bits per heavy atom. The van der Waals surface area contributed by atoms with E-state index in [0.717, 1.165) is 25.1 Å². The van der Waals surface area contributed by atoms with Crippen molar-refractivity contribution in [2.45, 2.75) is 19.3 Å². The minimum Gasteiger partial charge on any atom is -0.496 e. The molecule has 1 atom stereocenters. The first kappa shape index (κ1) is 13.1. The lowest BCUT2D eigenvalue weighted by Crippen LogP contribution is -2.30. The molecule has 0 radical (unpaired) electrons. The number of methoxy groups -OCH3 is 2. The van der Waals surface area contributed by atoms with Gasteiger partial charge in [0.25, 0.3) is 0 Å². The average Bonchev–Trinajstić information content (AvgIpc) is 2.41. The van der Waals surface area contributed by atoms with E-state index < -0.39 is 0 Å². The molecule has 0 saturated carbocycles. The highest BCUT2D eigenvalue weighted by Crippen LogP contribution is 2.30. The first-order valence-electron chi connectivity index (χ1n) is 6.35. The molecule has 3 nitrogen and oxygen atoms in total. The molecule has 1 aliphatic rings. The third kappa shape index (κ3) is 2.93. The van der Waals surface area contributed by atoms with E-state index in [9.17, 15) is 4.39 Å². The van der Waals surface area contributed by atoms with Gasteiger partial charge in [0, 0.05) is 6.07 Å². The maximum Gasteiger partial charge on any atom is 0.168 e. The van der Waals surface area contributed by atoms with Crippen molar-refractivity contribution in [3.05, 3.63) is 23.5 Å². The maximum absolute atomic E-state index is 13.6. The monoisotopic (exact) mass is 253 g/mol. The van der Waals surface area contributed by atoms with Gasteiger partial charge in [0.2, 0.25) is 0 Å². The van der Waals surface area contributed by atoms with Gasteiger partial charge in [-0.05, 0) is 49.9 Å². The van der Waals surface area contributed by atoms with E-state index in [1.807, 2.05) is 0 Å². The molecule has 4 heteroatoms. The fourth-order valence-corrected chi connectivity index (χ4v) is 2.49. The highest BCUT2D eigenvalue weighted by atomic mass is 19.1. The number of hydrogen-bond donors (Lipinski definition) is 1. The van der Waals surface area contributed by atoms with Gasteiger partial charge in [0.1, 0.15) is 5.75 Å². The Hall–Kier alpha value is -1.29. The van der Waals surface area contributed by atoms with Crippen LogP contribution in [0.1, 0.15) is 18.4 Å². The Labute approximate surface area is 107 Å². The van der Waals surface area contributed by atoms with Gasteiger partial charge in [0.15, 0.2) is 11.6 Å². The number of ether oxygens (including phenoxy) is 2. The summed E-state index contributed by atoms with van der Waals surface area (Å²) in [6.07, 6.45) is 3.30. The standard InChI is InChI=1S/C14H20FNO2/c1-17-13-8-12(15)14(18-2)7-11(13)6-10-4-3-5-16-9-10/h7-8,10,16H,3-6,9H2,1-2H3. The van der Waals surface area contributed by atoms with E-state index in [4.69, 9.17) is 9.47 Å². The minimum atomic E-state index is -0.375. The number of rotatable bonds is 4. The van der Waals surface area contributed by atoms with Gasteiger partial charge in [-0.1, -0.05) is 0 Å². The molecule has 1 aromatic rings. The van der Waals surface area contributed by atoms with E-state index in [1.54, 1.807) is 13.2 Å². The number of hydrogen-bond acceptors (Lipinski definition) is 3. The summed E-state index contributed by atoms with van der Waals surface area (Å²) in [5.41, 5.74) is 1.02. The SMILES string of the molecule is COc1cc(CC2CCCNC2)c(OC)cc1F. The van der Waals surface area contributed by atoms with Crippen molar-refractivity contribution in [2.75, 3.05) is 27.3 Å². The van der Waals surface area contributed by atoms with Gasteiger partial charge in [-0.25, -0.2) is 4.39 Å². The molecule has 1 N–H and O–H groups in total.